The Labute approximate surface area is 149 Å². The third-order valence-electron chi connectivity index (χ3n) is 3.96. The van der Waals surface area contributed by atoms with E-state index < -0.39 is 0 Å². The molecular weight excluding hydrogens is 310 g/mol. The molecule has 132 valence electrons. The number of rotatable bonds is 0. The van der Waals surface area contributed by atoms with Gasteiger partial charge in [-0.2, -0.15) is 10.2 Å². The third-order valence-corrected chi connectivity index (χ3v) is 3.96. The van der Waals surface area contributed by atoms with E-state index in [2.05, 4.69) is 36.2 Å². The lowest BCUT2D eigenvalue weighted by Crippen LogP contribution is -1.87. The normalized spacial score (nSPS) is 10.2. The molecule has 2 aromatic carbocycles. The van der Waals surface area contributed by atoms with Crippen LogP contribution in [0.25, 0.3) is 21.8 Å². The second-order valence-corrected chi connectivity index (χ2v) is 5.87. The van der Waals surface area contributed by atoms with Crippen LogP contribution in [-0.2, 0) is 14.1 Å². The Morgan fingerprint density at radius 1 is 0.840 bits per heavy atom. The zero-order valence-corrected chi connectivity index (χ0v) is 15.9. The number of nitrogens with two attached hydrogens (primary N) is 1. The summed E-state index contributed by atoms with van der Waals surface area (Å²) in [5.41, 5.74) is 11.0. The van der Waals surface area contributed by atoms with Crippen molar-refractivity contribution in [3.8, 4) is 0 Å². The molecule has 0 amide bonds. The highest BCUT2D eigenvalue weighted by atomic mass is 15.2. The summed E-state index contributed by atoms with van der Waals surface area (Å²) in [7, 11) is 3.85. The van der Waals surface area contributed by atoms with Crippen molar-refractivity contribution in [2.75, 3.05) is 5.73 Å². The zero-order valence-electron chi connectivity index (χ0n) is 15.9. The van der Waals surface area contributed by atoms with Crippen molar-refractivity contribution in [1.29, 1.82) is 0 Å². The molecule has 0 aliphatic carbocycles. The standard InChI is InChI=1S/C10H12N2.C8H9N3.C2H6/c1-7-4-5-9-6-12(3)11-10(9)8(7)2;1-11-5-6-2-3-7(9)4-8(6)10-11;1-2/h4-6H,1-3H3;2-5H,9H2,1H3;1-2H3. The van der Waals surface area contributed by atoms with Crippen LogP contribution >= 0.6 is 0 Å². The van der Waals surface area contributed by atoms with Crippen molar-refractivity contribution in [3.63, 3.8) is 0 Å². The number of nitrogen functional groups attached to an aromatic ring is 1. The van der Waals surface area contributed by atoms with Crippen molar-refractivity contribution >= 4 is 27.5 Å². The van der Waals surface area contributed by atoms with E-state index in [0.717, 1.165) is 22.1 Å². The molecule has 0 spiro atoms. The molecule has 4 aromatic rings. The van der Waals surface area contributed by atoms with Gasteiger partial charge in [0.05, 0.1) is 11.0 Å². The maximum absolute atomic E-state index is 5.58. The van der Waals surface area contributed by atoms with Gasteiger partial charge in [0.25, 0.3) is 0 Å². The highest BCUT2D eigenvalue weighted by Gasteiger charge is 2.02. The van der Waals surface area contributed by atoms with E-state index in [4.69, 9.17) is 5.73 Å². The lowest BCUT2D eigenvalue weighted by molar-refractivity contribution is 0.779. The fourth-order valence-corrected chi connectivity index (χ4v) is 2.60. The topological polar surface area (TPSA) is 61.7 Å². The van der Waals surface area contributed by atoms with Gasteiger partial charge in [-0.25, -0.2) is 0 Å². The molecule has 0 saturated heterocycles. The number of anilines is 1. The minimum Gasteiger partial charge on any atom is -0.399 e. The molecule has 4 rings (SSSR count). The van der Waals surface area contributed by atoms with Crippen LogP contribution in [0.5, 0.6) is 0 Å². The molecule has 2 heterocycles. The van der Waals surface area contributed by atoms with E-state index in [-0.39, 0.29) is 0 Å². The molecule has 5 heteroatoms. The Balaban J connectivity index is 0.000000165. The number of nitrogens with zero attached hydrogens (tertiary/aromatic N) is 4. The number of hydrogen-bond donors (Lipinski definition) is 1. The lowest BCUT2D eigenvalue weighted by Gasteiger charge is -1.97. The van der Waals surface area contributed by atoms with Gasteiger partial charge >= 0.3 is 0 Å². The van der Waals surface area contributed by atoms with Crippen LogP contribution in [0.4, 0.5) is 5.69 Å². The monoisotopic (exact) mass is 337 g/mol. The number of hydrogen-bond acceptors (Lipinski definition) is 3. The number of benzene rings is 2. The van der Waals surface area contributed by atoms with Crippen LogP contribution in [0, 0.1) is 13.8 Å². The fourth-order valence-electron chi connectivity index (χ4n) is 2.60. The van der Waals surface area contributed by atoms with Crippen molar-refractivity contribution in [2.24, 2.45) is 14.1 Å². The predicted octanol–water partition coefficient (Wildman–Crippen LogP) is 4.37. The molecule has 0 unspecified atom stereocenters. The minimum atomic E-state index is 0.760. The average Bonchev–Trinajstić information content (AvgIpc) is 3.15. The molecule has 0 fully saturated rings. The second-order valence-electron chi connectivity index (χ2n) is 5.87. The van der Waals surface area contributed by atoms with E-state index in [1.807, 2.05) is 63.2 Å². The molecule has 2 N–H and O–H groups in total. The van der Waals surface area contributed by atoms with Gasteiger partial charge in [0.15, 0.2) is 0 Å². The van der Waals surface area contributed by atoms with Gasteiger partial charge in [0.1, 0.15) is 0 Å². The van der Waals surface area contributed by atoms with E-state index in [0.29, 0.717) is 0 Å². The van der Waals surface area contributed by atoms with E-state index >= 15 is 0 Å². The first-order valence-electron chi connectivity index (χ1n) is 8.52. The molecular formula is C20H27N5. The summed E-state index contributed by atoms with van der Waals surface area (Å²) in [4.78, 5) is 0. The van der Waals surface area contributed by atoms with Crippen molar-refractivity contribution < 1.29 is 0 Å². The molecule has 2 aromatic heterocycles. The Bertz CT molecular complexity index is 979. The SMILES string of the molecule is CC.Cc1ccc2cn(C)nc2c1C.Cn1cc2ccc(N)cc2n1. The van der Waals surface area contributed by atoms with Crippen LogP contribution in [0.2, 0.25) is 0 Å². The van der Waals surface area contributed by atoms with Gasteiger partial charge in [-0.05, 0) is 43.2 Å². The Morgan fingerprint density at radius 3 is 2.16 bits per heavy atom. The average molecular weight is 337 g/mol. The summed E-state index contributed by atoms with van der Waals surface area (Å²) >= 11 is 0. The fraction of sp³-hybridized carbons (Fsp3) is 0.300. The number of aryl methyl sites for hydroxylation is 4. The third kappa shape index (κ3) is 4.18. The van der Waals surface area contributed by atoms with Gasteiger partial charge in [0, 0.05) is 42.9 Å². The largest absolute Gasteiger partial charge is 0.399 e. The predicted molar refractivity (Wildman–Crippen MR) is 107 cm³/mol. The highest BCUT2D eigenvalue weighted by Crippen LogP contribution is 2.19. The van der Waals surface area contributed by atoms with Crippen LogP contribution in [0.1, 0.15) is 25.0 Å². The van der Waals surface area contributed by atoms with E-state index in [9.17, 15) is 0 Å². The van der Waals surface area contributed by atoms with Crippen LogP contribution in [0.3, 0.4) is 0 Å². The second kappa shape index (κ2) is 7.83. The summed E-state index contributed by atoms with van der Waals surface area (Å²) in [5, 5.41) is 11.0. The summed E-state index contributed by atoms with van der Waals surface area (Å²) in [6, 6.07) is 9.97. The first-order chi connectivity index (χ1) is 11.9. The lowest BCUT2D eigenvalue weighted by atomic mass is 10.1. The molecule has 0 aliphatic heterocycles. The summed E-state index contributed by atoms with van der Waals surface area (Å²) in [5.74, 6) is 0. The van der Waals surface area contributed by atoms with Crippen LogP contribution < -0.4 is 5.73 Å². The first-order valence-corrected chi connectivity index (χ1v) is 8.52. The molecule has 0 atom stereocenters. The molecule has 25 heavy (non-hydrogen) atoms. The minimum absolute atomic E-state index is 0.760. The smallest absolute Gasteiger partial charge is 0.0954 e. The molecule has 0 bridgehead atoms. The summed E-state index contributed by atoms with van der Waals surface area (Å²) in [6.45, 7) is 8.23. The number of fused-ring (bicyclic) bond motifs is 2. The molecule has 0 saturated carbocycles. The van der Waals surface area contributed by atoms with Crippen molar-refractivity contribution in [2.45, 2.75) is 27.7 Å². The van der Waals surface area contributed by atoms with Gasteiger partial charge < -0.3 is 5.73 Å². The van der Waals surface area contributed by atoms with Gasteiger partial charge in [-0.3, -0.25) is 9.36 Å². The molecule has 5 nitrogen and oxygen atoms in total. The summed E-state index contributed by atoms with van der Waals surface area (Å²) < 4.78 is 3.64. The maximum Gasteiger partial charge on any atom is 0.0954 e. The first kappa shape index (κ1) is 18.5. The zero-order chi connectivity index (χ0) is 18.6. The Hall–Kier alpha value is -2.82. The Kier molecular flexibility index (Phi) is 5.80. The van der Waals surface area contributed by atoms with Crippen molar-refractivity contribution in [3.05, 3.63) is 53.9 Å². The summed E-state index contributed by atoms with van der Waals surface area (Å²) in [6.07, 6.45) is 4.01. The van der Waals surface area contributed by atoms with Crippen molar-refractivity contribution in [1.82, 2.24) is 19.6 Å². The van der Waals surface area contributed by atoms with Gasteiger partial charge in [-0.1, -0.05) is 26.0 Å². The van der Waals surface area contributed by atoms with E-state index in [1.54, 1.807) is 4.68 Å². The Morgan fingerprint density at radius 2 is 1.44 bits per heavy atom. The van der Waals surface area contributed by atoms with E-state index in [1.165, 1.54) is 16.5 Å². The number of aromatic nitrogens is 4. The van der Waals surface area contributed by atoms with Crippen LogP contribution in [-0.4, -0.2) is 19.6 Å². The highest BCUT2D eigenvalue weighted by molar-refractivity contribution is 5.82. The maximum atomic E-state index is 5.58. The van der Waals surface area contributed by atoms with Gasteiger partial charge in [0.2, 0.25) is 0 Å². The molecule has 0 aliphatic rings. The quantitative estimate of drug-likeness (QED) is 0.485. The van der Waals surface area contributed by atoms with Crippen LogP contribution in [0.15, 0.2) is 42.7 Å². The van der Waals surface area contributed by atoms with Gasteiger partial charge in [-0.15, -0.1) is 0 Å². The molecule has 0 radical (unpaired) electrons.